The Labute approximate surface area is 125 Å². The number of para-hydroxylation sites is 2. The number of hydrogen-bond donors (Lipinski definition) is 0. The predicted molar refractivity (Wildman–Crippen MR) is 82.4 cm³/mol. The summed E-state index contributed by atoms with van der Waals surface area (Å²) in [7, 11) is 1.67. The first-order valence-electron chi connectivity index (χ1n) is 6.39. The molecule has 3 aromatic rings. The molecule has 2 aromatic carbocycles. The highest BCUT2D eigenvalue weighted by molar-refractivity contribution is 9.09. The fraction of sp³-hybridized carbons (Fsp3) is 0.188. The standard InChI is InChI=1S/C16H14BrNO2/c1-19-12-6-4-5-11(9-12)13(17)10-16-18-14-7-2-3-8-15(14)20-16/h2-9,13H,10H2,1H3. The molecule has 0 aliphatic heterocycles. The molecule has 102 valence electrons. The Morgan fingerprint density at radius 1 is 1.20 bits per heavy atom. The third kappa shape index (κ3) is 2.70. The molecule has 0 saturated carbocycles. The molecular weight excluding hydrogens is 318 g/mol. The summed E-state index contributed by atoms with van der Waals surface area (Å²) >= 11 is 3.69. The quantitative estimate of drug-likeness (QED) is 0.659. The van der Waals surface area contributed by atoms with Gasteiger partial charge in [0.25, 0.3) is 0 Å². The summed E-state index contributed by atoms with van der Waals surface area (Å²) in [4.78, 5) is 4.64. The van der Waals surface area contributed by atoms with Crippen molar-refractivity contribution in [3.8, 4) is 5.75 Å². The summed E-state index contributed by atoms with van der Waals surface area (Å²) in [5, 5.41) is 0. The molecule has 0 aliphatic carbocycles. The van der Waals surface area contributed by atoms with Crippen molar-refractivity contribution in [3.63, 3.8) is 0 Å². The number of aromatic nitrogens is 1. The number of benzene rings is 2. The van der Waals surface area contributed by atoms with E-state index in [4.69, 9.17) is 9.15 Å². The molecule has 4 heteroatoms. The Morgan fingerprint density at radius 3 is 2.85 bits per heavy atom. The van der Waals surface area contributed by atoms with Gasteiger partial charge in [0.1, 0.15) is 11.3 Å². The lowest BCUT2D eigenvalue weighted by molar-refractivity contribution is 0.414. The number of alkyl halides is 1. The van der Waals surface area contributed by atoms with Gasteiger partial charge in [0.15, 0.2) is 11.5 Å². The molecule has 20 heavy (non-hydrogen) atoms. The Kier molecular flexibility index (Phi) is 3.74. The highest BCUT2D eigenvalue weighted by Crippen LogP contribution is 2.30. The Balaban J connectivity index is 1.82. The number of methoxy groups -OCH3 is 1. The van der Waals surface area contributed by atoms with Crippen LogP contribution < -0.4 is 4.74 Å². The van der Waals surface area contributed by atoms with E-state index < -0.39 is 0 Å². The lowest BCUT2D eigenvalue weighted by Gasteiger charge is -2.09. The van der Waals surface area contributed by atoms with Crippen LogP contribution in [-0.2, 0) is 6.42 Å². The maximum Gasteiger partial charge on any atom is 0.196 e. The van der Waals surface area contributed by atoms with Gasteiger partial charge in [-0.25, -0.2) is 4.98 Å². The van der Waals surface area contributed by atoms with E-state index in [2.05, 4.69) is 27.0 Å². The third-order valence-corrected chi connectivity index (χ3v) is 4.00. The Morgan fingerprint density at radius 2 is 2.05 bits per heavy atom. The number of halogens is 1. The van der Waals surface area contributed by atoms with Crippen LogP contribution in [0.15, 0.2) is 52.9 Å². The van der Waals surface area contributed by atoms with Gasteiger partial charge in [-0.15, -0.1) is 0 Å². The van der Waals surface area contributed by atoms with E-state index in [-0.39, 0.29) is 4.83 Å². The molecule has 0 fully saturated rings. The average molecular weight is 332 g/mol. The van der Waals surface area contributed by atoms with E-state index in [0.717, 1.165) is 28.3 Å². The van der Waals surface area contributed by atoms with Crippen molar-refractivity contribution in [3.05, 3.63) is 60.0 Å². The van der Waals surface area contributed by atoms with Gasteiger partial charge < -0.3 is 9.15 Å². The van der Waals surface area contributed by atoms with Gasteiger partial charge in [-0.2, -0.15) is 0 Å². The summed E-state index contributed by atoms with van der Waals surface area (Å²) in [5.74, 6) is 1.58. The monoisotopic (exact) mass is 331 g/mol. The SMILES string of the molecule is COc1cccc(C(Br)Cc2nc3ccccc3o2)c1. The Bertz CT molecular complexity index is 690. The van der Waals surface area contributed by atoms with Crippen molar-refractivity contribution < 1.29 is 9.15 Å². The largest absolute Gasteiger partial charge is 0.497 e. The predicted octanol–water partition coefficient (Wildman–Crippen LogP) is 4.52. The van der Waals surface area contributed by atoms with Crippen LogP contribution in [0, 0.1) is 0 Å². The second-order valence-electron chi connectivity index (χ2n) is 4.52. The minimum absolute atomic E-state index is 0.144. The van der Waals surface area contributed by atoms with E-state index in [1.54, 1.807) is 7.11 Å². The van der Waals surface area contributed by atoms with Crippen LogP contribution >= 0.6 is 15.9 Å². The highest BCUT2D eigenvalue weighted by Gasteiger charge is 2.13. The first-order valence-corrected chi connectivity index (χ1v) is 7.30. The summed E-state index contributed by atoms with van der Waals surface area (Å²) < 4.78 is 11.0. The lowest BCUT2D eigenvalue weighted by atomic mass is 10.1. The molecule has 0 spiro atoms. The van der Waals surface area contributed by atoms with Gasteiger partial charge >= 0.3 is 0 Å². The first-order chi connectivity index (χ1) is 9.76. The molecule has 0 bridgehead atoms. The smallest absolute Gasteiger partial charge is 0.196 e. The van der Waals surface area contributed by atoms with Crippen molar-refractivity contribution in [1.82, 2.24) is 4.98 Å². The number of rotatable bonds is 4. The molecule has 1 aromatic heterocycles. The summed E-state index contributed by atoms with van der Waals surface area (Å²) in [6.07, 6.45) is 0.696. The van der Waals surface area contributed by atoms with Crippen molar-refractivity contribution in [2.45, 2.75) is 11.2 Å². The molecule has 0 amide bonds. The summed E-state index contributed by atoms with van der Waals surface area (Å²) in [5.41, 5.74) is 2.87. The number of nitrogens with zero attached hydrogens (tertiary/aromatic N) is 1. The van der Waals surface area contributed by atoms with Crippen LogP contribution in [0.2, 0.25) is 0 Å². The number of oxazole rings is 1. The molecule has 0 N–H and O–H groups in total. The van der Waals surface area contributed by atoms with Gasteiger partial charge in [0, 0.05) is 11.2 Å². The van der Waals surface area contributed by atoms with Crippen LogP contribution in [0.5, 0.6) is 5.75 Å². The highest BCUT2D eigenvalue weighted by atomic mass is 79.9. The number of ether oxygens (including phenoxy) is 1. The van der Waals surface area contributed by atoms with Gasteiger partial charge in [-0.3, -0.25) is 0 Å². The van der Waals surface area contributed by atoms with E-state index in [9.17, 15) is 0 Å². The maximum atomic E-state index is 5.74. The number of hydrogen-bond acceptors (Lipinski definition) is 3. The summed E-state index contributed by atoms with van der Waals surface area (Å²) in [6, 6.07) is 15.8. The van der Waals surface area contributed by atoms with Crippen molar-refractivity contribution in [2.75, 3.05) is 7.11 Å². The van der Waals surface area contributed by atoms with Crippen LogP contribution in [0.25, 0.3) is 11.1 Å². The maximum absolute atomic E-state index is 5.74. The lowest BCUT2D eigenvalue weighted by Crippen LogP contribution is -1.96. The minimum atomic E-state index is 0.144. The van der Waals surface area contributed by atoms with E-state index in [0.29, 0.717) is 6.42 Å². The van der Waals surface area contributed by atoms with Crippen LogP contribution in [0.3, 0.4) is 0 Å². The van der Waals surface area contributed by atoms with E-state index in [1.807, 2.05) is 42.5 Å². The second-order valence-corrected chi connectivity index (χ2v) is 5.63. The molecule has 0 radical (unpaired) electrons. The molecule has 1 unspecified atom stereocenters. The van der Waals surface area contributed by atoms with E-state index in [1.165, 1.54) is 0 Å². The fourth-order valence-electron chi connectivity index (χ4n) is 2.11. The molecule has 3 nitrogen and oxygen atoms in total. The van der Waals surface area contributed by atoms with Crippen LogP contribution in [0.4, 0.5) is 0 Å². The van der Waals surface area contributed by atoms with Crippen LogP contribution in [-0.4, -0.2) is 12.1 Å². The average Bonchev–Trinajstić information content (AvgIpc) is 2.89. The molecule has 0 aliphatic rings. The molecule has 0 saturated heterocycles. The zero-order valence-electron chi connectivity index (χ0n) is 11.0. The summed E-state index contributed by atoms with van der Waals surface area (Å²) in [6.45, 7) is 0. The van der Waals surface area contributed by atoms with Crippen LogP contribution in [0.1, 0.15) is 16.3 Å². The molecular formula is C16H14BrNO2. The normalized spacial score (nSPS) is 12.5. The van der Waals surface area contributed by atoms with Gasteiger partial charge in [-0.1, -0.05) is 40.2 Å². The van der Waals surface area contributed by atoms with Gasteiger partial charge in [0.05, 0.1) is 7.11 Å². The van der Waals surface area contributed by atoms with E-state index >= 15 is 0 Å². The zero-order valence-corrected chi connectivity index (χ0v) is 12.6. The minimum Gasteiger partial charge on any atom is -0.497 e. The van der Waals surface area contributed by atoms with Gasteiger partial charge in [-0.05, 0) is 29.8 Å². The fourth-order valence-corrected chi connectivity index (χ4v) is 2.68. The third-order valence-electron chi connectivity index (χ3n) is 3.15. The van der Waals surface area contributed by atoms with Gasteiger partial charge in [0.2, 0.25) is 0 Å². The topological polar surface area (TPSA) is 35.3 Å². The second kappa shape index (κ2) is 5.67. The van der Waals surface area contributed by atoms with Crippen molar-refractivity contribution >= 4 is 27.0 Å². The van der Waals surface area contributed by atoms with Crippen molar-refractivity contribution in [2.24, 2.45) is 0 Å². The number of fused-ring (bicyclic) bond motifs is 1. The first kappa shape index (κ1) is 13.2. The Hall–Kier alpha value is -1.81. The zero-order chi connectivity index (χ0) is 13.9. The molecule has 1 heterocycles. The molecule has 1 atom stereocenters. The van der Waals surface area contributed by atoms with Crippen molar-refractivity contribution in [1.29, 1.82) is 0 Å². The molecule has 3 rings (SSSR count).